The topological polar surface area (TPSA) is 98.2 Å². The number of aliphatic hydroxyl groups is 1. The van der Waals surface area contributed by atoms with Crippen LogP contribution in [0.4, 0.5) is 0 Å². The number of carbonyl (C=O) groups excluding carboxylic acids is 2. The second-order valence-corrected chi connectivity index (χ2v) is 8.32. The van der Waals surface area contributed by atoms with Gasteiger partial charge in [-0.1, -0.05) is 12.1 Å². The third-order valence-electron chi connectivity index (χ3n) is 6.09. The van der Waals surface area contributed by atoms with Crippen molar-refractivity contribution in [1.29, 1.82) is 0 Å². The highest BCUT2D eigenvalue weighted by atomic mass is 16.5. The van der Waals surface area contributed by atoms with Gasteiger partial charge in [0.1, 0.15) is 11.5 Å². The minimum Gasteiger partial charge on any atom is -0.507 e. The quantitative estimate of drug-likeness (QED) is 0.285. The third-order valence-corrected chi connectivity index (χ3v) is 6.09. The van der Waals surface area contributed by atoms with Gasteiger partial charge in [-0.2, -0.15) is 0 Å². The lowest BCUT2D eigenvalue weighted by atomic mass is 9.94. The molecule has 186 valence electrons. The molecule has 1 amide bonds. The van der Waals surface area contributed by atoms with Crippen LogP contribution in [-0.4, -0.2) is 47.5 Å². The monoisotopic (exact) mass is 488 g/mol. The number of aliphatic hydroxyl groups excluding tert-OH is 1. The molecule has 0 aliphatic carbocycles. The van der Waals surface area contributed by atoms with Gasteiger partial charge in [0.25, 0.3) is 11.7 Å². The highest BCUT2D eigenvalue weighted by molar-refractivity contribution is 6.46. The number of aromatic nitrogens is 1. The highest BCUT2D eigenvalue weighted by Gasteiger charge is 2.46. The number of likely N-dealkylation sites (tertiary alicyclic amines) is 1. The van der Waals surface area contributed by atoms with E-state index >= 15 is 0 Å². The van der Waals surface area contributed by atoms with Crippen molar-refractivity contribution < 1.29 is 28.9 Å². The standard InChI is InChI=1S/C28H28N2O6/c1-5-36-21-10-9-20(13-17(21)2)26(31)24-25(19-8-11-22(34-3)23(14-19)35-4)30(28(33)27(24)32)16-18-7-6-12-29-15-18/h6-15,25,31H,5,16H2,1-4H3/b26-24-. The average molecular weight is 489 g/mol. The number of rotatable bonds is 8. The van der Waals surface area contributed by atoms with E-state index in [1.165, 1.54) is 19.1 Å². The summed E-state index contributed by atoms with van der Waals surface area (Å²) in [4.78, 5) is 32.1. The molecule has 0 bridgehead atoms. The van der Waals surface area contributed by atoms with Crippen molar-refractivity contribution in [1.82, 2.24) is 9.88 Å². The summed E-state index contributed by atoms with van der Waals surface area (Å²) >= 11 is 0. The van der Waals surface area contributed by atoms with Crippen molar-refractivity contribution in [2.24, 2.45) is 0 Å². The number of hydrogen-bond acceptors (Lipinski definition) is 7. The molecule has 1 N–H and O–H groups in total. The van der Waals surface area contributed by atoms with Crippen molar-refractivity contribution in [3.8, 4) is 17.2 Å². The van der Waals surface area contributed by atoms with Gasteiger partial charge in [0.05, 0.1) is 32.4 Å². The summed E-state index contributed by atoms with van der Waals surface area (Å²) in [7, 11) is 3.04. The molecule has 4 rings (SSSR count). The zero-order chi connectivity index (χ0) is 25.8. The molecule has 1 aromatic heterocycles. The van der Waals surface area contributed by atoms with E-state index in [1.807, 2.05) is 19.9 Å². The van der Waals surface area contributed by atoms with E-state index in [0.717, 1.165) is 11.1 Å². The van der Waals surface area contributed by atoms with Crippen LogP contribution in [0.15, 0.2) is 66.5 Å². The maximum Gasteiger partial charge on any atom is 0.295 e. The second kappa shape index (κ2) is 10.5. The van der Waals surface area contributed by atoms with Crippen LogP contribution < -0.4 is 14.2 Å². The second-order valence-electron chi connectivity index (χ2n) is 8.32. The number of hydrogen-bond donors (Lipinski definition) is 1. The molecule has 8 heteroatoms. The van der Waals surface area contributed by atoms with Gasteiger partial charge < -0.3 is 24.2 Å². The Labute approximate surface area is 209 Å². The highest BCUT2D eigenvalue weighted by Crippen LogP contribution is 2.43. The van der Waals surface area contributed by atoms with Crippen molar-refractivity contribution in [2.45, 2.75) is 26.4 Å². The first-order valence-corrected chi connectivity index (χ1v) is 11.5. The number of amides is 1. The number of ether oxygens (including phenoxy) is 3. The summed E-state index contributed by atoms with van der Waals surface area (Å²) in [6.07, 6.45) is 3.28. The molecule has 0 saturated carbocycles. The molecule has 0 radical (unpaired) electrons. The van der Waals surface area contributed by atoms with E-state index in [9.17, 15) is 14.7 Å². The Hall–Kier alpha value is -4.33. The van der Waals surface area contributed by atoms with E-state index in [2.05, 4.69) is 4.98 Å². The Kier molecular flexibility index (Phi) is 7.24. The van der Waals surface area contributed by atoms with E-state index in [-0.39, 0.29) is 17.9 Å². The number of Topliss-reactive ketones (excluding diaryl/α,β-unsaturated/α-hetero) is 1. The number of methoxy groups -OCH3 is 2. The minimum atomic E-state index is -0.850. The predicted molar refractivity (Wildman–Crippen MR) is 134 cm³/mol. The normalized spacial score (nSPS) is 16.8. The van der Waals surface area contributed by atoms with Gasteiger partial charge in [-0.15, -0.1) is 0 Å². The van der Waals surface area contributed by atoms with Crippen LogP contribution >= 0.6 is 0 Å². The molecule has 36 heavy (non-hydrogen) atoms. The summed E-state index contributed by atoms with van der Waals surface area (Å²) in [5.74, 6) is -0.0903. The lowest BCUT2D eigenvalue weighted by Crippen LogP contribution is -2.29. The molecular weight excluding hydrogens is 460 g/mol. The van der Waals surface area contributed by atoms with Crippen molar-refractivity contribution in [2.75, 3.05) is 20.8 Å². The van der Waals surface area contributed by atoms with E-state index in [4.69, 9.17) is 14.2 Å². The van der Waals surface area contributed by atoms with Crippen molar-refractivity contribution >= 4 is 17.4 Å². The summed E-state index contributed by atoms with van der Waals surface area (Å²) in [6.45, 7) is 4.39. The maximum atomic E-state index is 13.3. The maximum absolute atomic E-state index is 13.3. The fourth-order valence-electron chi connectivity index (χ4n) is 4.37. The zero-order valence-electron chi connectivity index (χ0n) is 20.6. The Bertz CT molecular complexity index is 1320. The molecule has 3 aromatic rings. The van der Waals surface area contributed by atoms with Gasteiger partial charge in [-0.3, -0.25) is 14.6 Å². The largest absolute Gasteiger partial charge is 0.507 e. The minimum absolute atomic E-state index is 0.000305. The zero-order valence-corrected chi connectivity index (χ0v) is 20.6. The SMILES string of the molecule is CCOc1ccc(/C(O)=C2/C(=O)C(=O)N(Cc3cccnc3)C2c2ccc(OC)c(OC)c2)cc1C. The first-order valence-electron chi connectivity index (χ1n) is 11.5. The molecule has 1 unspecified atom stereocenters. The Balaban J connectivity index is 1.88. The van der Waals surface area contributed by atoms with Gasteiger partial charge in [0.2, 0.25) is 0 Å². The lowest BCUT2D eigenvalue weighted by molar-refractivity contribution is -0.140. The predicted octanol–water partition coefficient (Wildman–Crippen LogP) is 4.43. The average Bonchev–Trinajstić information content (AvgIpc) is 3.14. The third kappa shape index (κ3) is 4.62. The smallest absolute Gasteiger partial charge is 0.295 e. The van der Waals surface area contributed by atoms with E-state index < -0.39 is 17.7 Å². The number of benzene rings is 2. The van der Waals surface area contributed by atoms with Crippen molar-refractivity contribution in [3.63, 3.8) is 0 Å². The Morgan fingerprint density at radius 3 is 2.42 bits per heavy atom. The van der Waals surface area contributed by atoms with Crippen LogP contribution in [0, 0.1) is 6.92 Å². The first kappa shape index (κ1) is 24.8. The number of pyridine rings is 1. The van der Waals surface area contributed by atoms with Crippen LogP contribution in [-0.2, 0) is 16.1 Å². The summed E-state index contributed by atoms with van der Waals surface area (Å²) < 4.78 is 16.4. The fourth-order valence-corrected chi connectivity index (χ4v) is 4.37. The van der Waals surface area contributed by atoms with Gasteiger partial charge in [0.15, 0.2) is 11.5 Å². The van der Waals surface area contributed by atoms with Gasteiger partial charge >= 0.3 is 0 Å². The van der Waals surface area contributed by atoms with Crippen LogP contribution in [0.5, 0.6) is 17.2 Å². The molecule has 0 spiro atoms. The molecule has 1 atom stereocenters. The summed E-state index contributed by atoms with van der Waals surface area (Å²) in [5.41, 5.74) is 2.57. The number of carbonyl (C=O) groups is 2. The van der Waals surface area contributed by atoms with Crippen LogP contribution in [0.3, 0.4) is 0 Å². The van der Waals surface area contributed by atoms with Gasteiger partial charge in [-0.25, -0.2) is 0 Å². The van der Waals surface area contributed by atoms with E-state index in [1.54, 1.807) is 54.9 Å². The Morgan fingerprint density at radius 2 is 1.78 bits per heavy atom. The Morgan fingerprint density at radius 1 is 1.03 bits per heavy atom. The van der Waals surface area contributed by atoms with Gasteiger partial charge in [-0.05, 0) is 66.9 Å². The molecule has 8 nitrogen and oxygen atoms in total. The van der Waals surface area contributed by atoms with E-state index in [0.29, 0.717) is 35.0 Å². The summed E-state index contributed by atoms with van der Waals surface area (Å²) in [6, 6.07) is 13.1. The first-order chi connectivity index (χ1) is 17.4. The van der Waals surface area contributed by atoms with Gasteiger partial charge in [0, 0.05) is 24.5 Å². The molecule has 2 aromatic carbocycles. The molecule has 2 heterocycles. The molecular formula is C28H28N2O6. The fraction of sp³-hybridized carbons (Fsp3) is 0.250. The van der Waals surface area contributed by atoms with Crippen LogP contribution in [0.2, 0.25) is 0 Å². The molecule has 1 fully saturated rings. The number of nitrogens with zero attached hydrogens (tertiary/aromatic N) is 2. The molecule has 1 aliphatic heterocycles. The number of ketones is 1. The molecule has 1 aliphatic rings. The molecule has 1 saturated heterocycles. The summed E-state index contributed by atoms with van der Waals surface area (Å²) in [5, 5.41) is 11.4. The lowest BCUT2D eigenvalue weighted by Gasteiger charge is -2.26. The van der Waals surface area contributed by atoms with Crippen molar-refractivity contribution in [3.05, 3.63) is 88.8 Å². The number of aryl methyl sites for hydroxylation is 1. The van der Waals surface area contributed by atoms with Crippen LogP contribution in [0.1, 0.15) is 35.2 Å². The van der Waals surface area contributed by atoms with Crippen LogP contribution in [0.25, 0.3) is 5.76 Å².